The summed E-state index contributed by atoms with van der Waals surface area (Å²) in [5, 5.41) is 2.01. The van der Waals surface area contributed by atoms with Gasteiger partial charge in [-0.2, -0.15) is 0 Å². The minimum atomic E-state index is 0.125. The number of amides is 2. The van der Waals surface area contributed by atoms with Crippen molar-refractivity contribution in [3.63, 3.8) is 0 Å². The van der Waals surface area contributed by atoms with Crippen molar-refractivity contribution in [1.82, 2.24) is 9.80 Å². The normalized spacial score (nSPS) is 14.1. The Hall–Kier alpha value is -1.51. The Morgan fingerprint density at radius 3 is 2.95 bits per heavy atom. The van der Waals surface area contributed by atoms with Gasteiger partial charge in [0.05, 0.1) is 13.1 Å². The summed E-state index contributed by atoms with van der Waals surface area (Å²) in [7, 11) is 1.85. The van der Waals surface area contributed by atoms with E-state index in [4.69, 9.17) is 5.73 Å². The monoisotopic (exact) mass is 277 g/mol. The third kappa shape index (κ3) is 3.72. The predicted molar refractivity (Wildman–Crippen MR) is 77.9 cm³/mol. The van der Waals surface area contributed by atoms with E-state index in [9.17, 15) is 4.79 Å². The fraction of sp³-hybridized carbons (Fsp3) is 0.500. The highest BCUT2D eigenvalue weighted by atomic mass is 32.1. The number of nitrogens with zero attached hydrogens (tertiary/aromatic N) is 2. The quantitative estimate of drug-likeness (QED) is 0.837. The maximum atomic E-state index is 12.1. The van der Waals surface area contributed by atoms with Crippen LogP contribution in [0.15, 0.2) is 11.4 Å². The number of hydrogen-bond donors (Lipinski definition) is 1. The molecule has 5 heteroatoms. The summed E-state index contributed by atoms with van der Waals surface area (Å²) < 4.78 is 0. The lowest BCUT2D eigenvalue weighted by Crippen LogP contribution is -2.38. The van der Waals surface area contributed by atoms with Gasteiger partial charge < -0.3 is 15.5 Å². The standard InChI is InChI=1S/C14H19N3OS/c1-16(14(18)17-7-2-3-8-17)10-13-9-12(11-19-13)5-4-6-15/h9,11H,2-3,6-8,10,15H2,1H3. The number of rotatable bonds is 2. The van der Waals surface area contributed by atoms with Crippen molar-refractivity contribution in [3.05, 3.63) is 21.9 Å². The molecule has 1 aliphatic rings. The second-order valence-electron chi connectivity index (χ2n) is 4.64. The summed E-state index contributed by atoms with van der Waals surface area (Å²) in [5.41, 5.74) is 6.32. The van der Waals surface area contributed by atoms with E-state index in [0.29, 0.717) is 13.1 Å². The minimum Gasteiger partial charge on any atom is -0.325 e. The largest absolute Gasteiger partial charge is 0.325 e. The Morgan fingerprint density at radius 2 is 2.26 bits per heavy atom. The molecule has 0 saturated carbocycles. The average Bonchev–Trinajstić information content (AvgIpc) is 3.06. The van der Waals surface area contributed by atoms with Crippen LogP contribution in [-0.4, -0.2) is 42.5 Å². The van der Waals surface area contributed by atoms with E-state index >= 15 is 0 Å². The Labute approximate surface area is 118 Å². The van der Waals surface area contributed by atoms with Crippen LogP contribution in [0.2, 0.25) is 0 Å². The number of carbonyl (C=O) groups excluding carboxylic acids is 1. The molecular formula is C14H19N3OS. The van der Waals surface area contributed by atoms with Gasteiger partial charge in [-0.05, 0) is 18.9 Å². The van der Waals surface area contributed by atoms with E-state index in [-0.39, 0.29) is 6.03 Å². The molecule has 2 heterocycles. The molecule has 19 heavy (non-hydrogen) atoms. The molecule has 4 nitrogen and oxygen atoms in total. The summed E-state index contributed by atoms with van der Waals surface area (Å²) in [5.74, 6) is 5.84. The molecule has 0 spiro atoms. The molecule has 0 unspecified atom stereocenters. The molecule has 1 aromatic heterocycles. The van der Waals surface area contributed by atoms with Crippen LogP contribution in [0.3, 0.4) is 0 Å². The average molecular weight is 277 g/mol. The molecule has 2 N–H and O–H groups in total. The predicted octanol–water partition coefficient (Wildman–Crippen LogP) is 1.71. The van der Waals surface area contributed by atoms with E-state index in [1.807, 2.05) is 23.4 Å². The van der Waals surface area contributed by atoms with E-state index in [0.717, 1.165) is 36.4 Å². The van der Waals surface area contributed by atoms with Crippen molar-refractivity contribution in [3.8, 4) is 11.8 Å². The van der Waals surface area contributed by atoms with Gasteiger partial charge in [0.25, 0.3) is 0 Å². The van der Waals surface area contributed by atoms with Crippen molar-refractivity contribution < 1.29 is 4.79 Å². The van der Waals surface area contributed by atoms with Crippen molar-refractivity contribution in [2.75, 3.05) is 26.7 Å². The lowest BCUT2D eigenvalue weighted by molar-refractivity contribution is 0.171. The fourth-order valence-corrected chi connectivity index (χ4v) is 3.00. The summed E-state index contributed by atoms with van der Waals surface area (Å²) in [6, 6.07) is 2.15. The number of nitrogens with two attached hydrogens (primary N) is 1. The number of hydrogen-bond acceptors (Lipinski definition) is 3. The SMILES string of the molecule is CN(Cc1cc(C#CCN)cs1)C(=O)N1CCCC1. The van der Waals surface area contributed by atoms with Crippen molar-refractivity contribution in [2.45, 2.75) is 19.4 Å². The number of urea groups is 1. The summed E-state index contributed by atoms with van der Waals surface area (Å²) in [6.45, 7) is 2.80. The van der Waals surface area contributed by atoms with Crippen LogP contribution in [0.1, 0.15) is 23.3 Å². The maximum absolute atomic E-state index is 12.1. The molecule has 1 saturated heterocycles. The van der Waals surface area contributed by atoms with Crippen molar-refractivity contribution in [2.24, 2.45) is 5.73 Å². The Balaban J connectivity index is 1.92. The van der Waals surface area contributed by atoms with E-state index in [2.05, 4.69) is 11.8 Å². The molecular weight excluding hydrogens is 258 g/mol. The maximum Gasteiger partial charge on any atom is 0.320 e. The lowest BCUT2D eigenvalue weighted by atomic mass is 10.3. The smallest absolute Gasteiger partial charge is 0.320 e. The molecule has 0 bridgehead atoms. The third-order valence-corrected chi connectivity index (χ3v) is 4.01. The highest BCUT2D eigenvalue weighted by molar-refractivity contribution is 7.10. The van der Waals surface area contributed by atoms with Gasteiger partial charge in [0.1, 0.15) is 0 Å². The van der Waals surface area contributed by atoms with E-state index in [1.54, 1.807) is 16.2 Å². The van der Waals surface area contributed by atoms with Crippen LogP contribution in [0, 0.1) is 11.8 Å². The van der Waals surface area contributed by atoms with Crippen LogP contribution < -0.4 is 5.73 Å². The third-order valence-electron chi connectivity index (χ3n) is 3.08. The minimum absolute atomic E-state index is 0.125. The second kappa shape index (κ2) is 6.60. The first kappa shape index (κ1) is 13.9. The van der Waals surface area contributed by atoms with Crippen LogP contribution >= 0.6 is 11.3 Å². The number of thiophene rings is 1. The first-order valence-corrected chi connectivity index (χ1v) is 7.35. The molecule has 0 atom stereocenters. The zero-order valence-electron chi connectivity index (χ0n) is 11.2. The Morgan fingerprint density at radius 1 is 1.53 bits per heavy atom. The van der Waals surface area contributed by atoms with Gasteiger partial charge in [0, 0.05) is 36.0 Å². The Bertz CT molecular complexity index is 494. The summed E-state index contributed by atoms with van der Waals surface area (Å²) in [4.78, 5) is 17.0. The van der Waals surface area contributed by atoms with Gasteiger partial charge in [0.2, 0.25) is 0 Å². The molecule has 1 aliphatic heterocycles. The first-order valence-electron chi connectivity index (χ1n) is 6.47. The highest BCUT2D eigenvalue weighted by Crippen LogP contribution is 2.17. The topological polar surface area (TPSA) is 49.6 Å². The van der Waals surface area contributed by atoms with Gasteiger partial charge in [0.15, 0.2) is 0 Å². The summed E-state index contributed by atoms with van der Waals surface area (Å²) >= 11 is 1.63. The van der Waals surface area contributed by atoms with Gasteiger partial charge in [-0.15, -0.1) is 11.3 Å². The molecule has 2 rings (SSSR count). The number of carbonyl (C=O) groups is 1. The molecule has 102 valence electrons. The fourth-order valence-electron chi connectivity index (χ4n) is 2.13. The zero-order chi connectivity index (χ0) is 13.7. The molecule has 1 aromatic rings. The van der Waals surface area contributed by atoms with Crippen LogP contribution in [0.25, 0.3) is 0 Å². The lowest BCUT2D eigenvalue weighted by Gasteiger charge is -2.23. The first-order chi connectivity index (χ1) is 9.20. The Kier molecular flexibility index (Phi) is 4.83. The van der Waals surface area contributed by atoms with Gasteiger partial charge in [-0.1, -0.05) is 11.8 Å². The molecule has 0 radical (unpaired) electrons. The molecule has 0 aromatic carbocycles. The van der Waals surface area contributed by atoms with E-state index in [1.165, 1.54) is 0 Å². The van der Waals surface area contributed by atoms with E-state index < -0.39 is 0 Å². The van der Waals surface area contributed by atoms with Gasteiger partial charge >= 0.3 is 6.03 Å². The zero-order valence-corrected chi connectivity index (χ0v) is 12.0. The molecule has 0 aliphatic carbocycles. The van der Waals surface area contributed by atoms with Crippen LogP contribution in [0.5, 0.6) is 0 Å². The number of likely N-dealkylation sites (tertiary alicyclic amines) is 1. The van der Waals surface area contributed by atoms with Crippen molar-refractivity contribution >= 4 is 17.4 Å². The van der Waals surface area contributed by atoms with Gasteiger partial charge in [-0.3, -0.25) is 0 Å². The molecule has 2 amide bonds. The summed E-state index contributed by atoms with van der Waals surface area (Å²) in [6.07, 6.45) is 2.24. The van der Waals surface area contributed by atoms with Crippen LogP contribution in [-0.2, 0) is 6.54 Å². The van der Waals surface area contributed by atoms with Crippen LogP contribution in [0.4, 0.5) is 4.79 Å². The second-order valence-corrected chi connectivity index (χ2v) is 5.64. The molecule has 1 fully saturated rings. The highest BCUT2D eigenvalue weighted by Gasteiger charge is 2.21. The van der Waals surface area contributed by atoms with Crippen molar-refractivity contribution in [1.29, 1.82) is 0 Å². The van der Waals surface area contributed by atoms with Gasteiger partial charge in [-0.25, -0.2) is 4.79 Å².